The number of benzene rings is 1. The van der Waals surface area contributed by atoms with Crippen molar-refractivity contribution in [3.05, 3.63) is 41.7 Å². The highest BCUT2D eigenvalue weighted by Crippen LogP contribution is 2.65. The fourth-order valence-corrected chi connectivity index (χ4v) is 8.22. The van der Waals surface area contributed by atoms with Crippen LogP contribution in [0, 0.1) is 31.1 Å². The number of rotatable bonds is 4. The topological polar surface area (TPSA) is 46.9 Å². The third-order valence-electron chi connectivity index (χ3n) is 7.20. The van der Waals surface area contributed by atoms with E-state index in [2.05, 4.69) is 26.3 Å². The molecule has 28 heavy (non-hydrogen) atoms. The number of hydrogen-bond acceptors (Lipinski definition) is 2. The number of aromatic nitrogens is 2. The number of nitrogens with zero attached hydrogens (tertiary/aromatic N) is 2. The second-order valence-corrected chi connectivity index (χ2v) is 11.3. The van der Waals surface area contributed by atoms with Gasteiger partial charge < -0.3 is 5.32 Å². The van der Waals surface area contributed by atoms with Crippen LogP contribution in [0.5, 0.6) is 0 Å². The predicted molar refractivity (Wildman–Crippen MR) is 115 cm³/mol. The quantitative estimate of drug-likeness (QED) is 0.631. The molecule has 1 aromatic carbocycles. The third-order valence-corrected chi connectivity index (χ3v) is 8.13. The van der Waals surface area contributed by atoms with E-state index in [0.717, 1.165) is 41.0 Å². The van der Waals surface area contributed by atoms with Crippen LogP contribution in [0.4, 0.5) is 5.69 Å². The second kappa shape index (κ2) is 6.45. The van der Waals surface area contributed by atoms with Gasteiger partial charge in [-0.15, -0.1) is 0 Å². The zero-order valence-electron chi connectivity index (χ0n) is 16.7. The highest BCUT2D eigenvalue weighted by Gasteiger charge is 2.57. The standard InChI is InChI=1S/C23H28BrN3O/c1-15-21(16(2)27(26-15)19-6-4-3-5-7-19)25-20(28)13-22-9-17-8-18(10-22)12-23(24,11-17)14-22/h3-7,17-18H,8-14H2,1-2H3,(H,25,28). The van der Waals surface area contributed by atoms with Crippen molar-refractivity contribution in [2.24, 2.45) is 17.3 Å². The Balaban J connectivity index is 1.35. The molecule has 4 aliphatic carbocycles. The Hall–Kier alpha value is -1.62. The molecule has 0 aliphatic heterocycles. The van der Waals surface area contributed by atoms with E-state index in [-0.39, 0.29) is 11.3 Å². The molecule has 1 heterocycles. The minimum Gasteiger partial charge on any atom is -0.323 e. The van der Waals surface area contributed by atoms with Gasteiger partial charge in [-0.3, -0.25) is 4.79 Å². The van der Waals surface area contributed by atoms with Gasteiger partial charge >= 0.3 is 0 Å². The SMILES string of the molecule is Cc1nn(-c2ccccc2)c(C)c1NC(=O)CC12CC3CC(CC(Br)(C3)C1)C2. The van der Waals surface area contributed by atoms with E-state index in [4.69, 9.17) is 0 Å². The van der Waals surface area contributed by atoms with E-state index in [1.807, 2.05) is 48.9 Å². The number of carbonyl (C=O) groups is 1. The molecule has 4 saturated carbocycles. The molecule has 5 heteroatoms. The van der Waals surface area contributed by atoms with E-state index in [1.165, 1.54) is 32.1 Å². The van der Waals surface area contributed by atoms with Crippen molar-refractivity contribution in [2.45, 2.75) is 63.1 Å². The average Bonchev–Trinajstić information content (AvgIpc) is 2.88. The summed E-state index contributed by atoms with van der Waals surface area (Å²) in [6, 6.07) is 10.1. The molecule has 148 valence electrons. The second-order valence-electron chi connectivity index (χ2n) is 9.63. The number of carbonyl (C=O) groups excluding carboxylic acids is 1. The molecule has 6 rings (SSSR count). The van der Waals surface area contributed by atoms with Crippen molar-refractivity contribution in [3.63, 3.8) is 0 Å². The normalized spacial score (nSPS) is 33.2. The van der Waals surface area contributed by atoms with Crippen molar-refractivity contribution in [1.29, 1.82) is 0 Å². The molecular weight excluding hydrogens is 414 g/mol. The molecule has 0 saturated heterocycles. The van der Waals surface area contributed by atoms with Gasteiger partial charge in [0.25, 0.3) is 0 Å². The van der Waals surface area contributed by atoms with Crippen LogP contribution in [0.3, 0.4) is 0 Å². The summed E-state index contributed by atoms with van der Waals surface area (Å²) >= 11 is 4.06. The van der Waals surface area contributed by atoms with Gasteiger partial charge in [-0.2, -0.15) is 5.10 Å². The molecule has 4 fully saturated rings. The number of halogens is 1. The lowest BCUT2D eigenvalue weighted by atomic mass is 9.48. The highest BCUT2D eigenvalue weighted by molar-refractivity contribution is 9.10. The van der Waals surface area contributed by atoms with Gasteiger partial charge in [0.2, 0.25) is 5.91 Å². The van der Waals surface area contributed by atoms with Gasteiger partial charge in [0.05, 0.1) is 22.8 Å². The first-order chi connectivity index (χ1) is 13.3. The first-order valence-corrected chi connectivity index (χ1v) is 11.2. The summed E-state index contributed by atoms with van der Waals surface area (Å²) in [6.45, 7) is 4.00. The molecule has 0 spiro atoms. The molecule has 0 radical (unpaired) electrons. The summed E-state index contributed by atoms with van der Waals surface area (Å²) in [5, 5.41) is 7.88. The number of alkyl halides is 1. The Morgan fingerprint density at radius 1 is 1.18 bits per heavy atom. The minimum atomic E-state index is 0.150. The van der Waals surface area contributed by atoms with Crippen molar-refractivity contribution in [2.75, 3.05) is 5.32 Å². The molecule has 1 amide bonds. The van der Waals surface area contributed by atoms with Gasteiger partial charge in [-0.1, -0.05) is 34.1 Å². The van der Waals surface area contributed by atoms with Crippen LogP contribution in [0.2, 0.25) is 0 Å². The summed E-state index contributed by atoms with van der Waals surface area (Å²) in [6.07, 6.45) is 8.23. The highest BCUT2D eigenvalue weighted by atomic mass is 79.9. The summed E-state index contributed by atoms with van der Waals surface area (Å²) in [4.78, 5) is 13.1. The molecule has 4 bridgehead atoms. The number of nitrogens with one attached hydrogen (secondary N) is 1. The van der Waals surface area contributed by atoms with E-state index in [0.29, 0.717) is 10.7 Å². The third kappa shape index (κ3) is 3.12. The Morgan fingerprint density at radius 2 is 1.86 bits per heavy atom. The summed E-state index contributed by atoms with van der Waals surface area (Å²) < 4.78 is 2.21. The first kappa shape index (κ1) is 18.4. The fraction of sp³-hybridized carbons (Fsp3) is 0.565. The van der Waals surface area contributed by atoms with Crippen LogP contribution in [-0.2, 0) is 4.79 Å². The predicted octanol–water partition coefficient (Wildman–Crippen LogP) is 5.55. The zero-order chi connectivity index (χ0) is 19.5. The van der Waals surface area contributed by atoms with Gasteiger partial charge in [-0.05, 0) is 81.8 Å². The first-order valence-electron chi connectivity index (χ1n) is 10.5. The lowest BCUT2D eigenvalue weighted by Crippen LogP contribution is -2.53. The van der Waals surface area contributed by atoms with Gasteiger partial charge in [0.1, 0.15) is 0 Å². The molecule has 4 nitrogen and oxygen atoms in total. The summed E-state index contributed by atoms with van der Waals surface area (Å²) in [5.41, 5.74) is 3.93. The van der Waals surface area contributed by atoms with Gasteiger partial charge in [0, 0.05) is 10.7 Å². The Morgan fingerprint density at radius 3 is 2.50 bits per heavy atom. The van der Waals surface area contributed by atoms with Crippen LogP contribution in [0.15, 0.2) is 30.3 Å². The summed E-state index contributed by atoms with van der Waals surface area (Å²) in [7, 11) is 0. The lowest BCUT2D eigenvalue weighted by Gasteiger charge is -2.60. The van der Waals surface area contributed by atoms with Crippen molar-refractivity contribution in [1.82, 2.24) is 9.78 Å². The zero-order valence-corrected chi connectivity index (χ0v) is 18.3. The maximum atomic E-state index is 13.1. The number of para-hydroxylation sites is 1. The number of anilines is 1. The monoisotopic (exact) mass is 441 g/mol. The molecule has 2 aromatic rings. The molecular formula is C23H28BrN3O. The van der Waals surface area contributed by atoms with E-state index in [9.17, 15) is 4.79 Å². The smallest absolute Gasteiger partial charge is 0.225 e. The average molecular weight is 442 g/mol. The van der Waals surface area contributed by atoms with Crippen molar-refractivity contribution >= 4 is 27.5 Å². The number of aryl methyl sites for hydroxylation is 1. The van der Waals surface area contributed by atoms with Gasteiger partial charge in [0.15, 0.2) is 0 Å². The molecule has 1 N–H and O–H groups in total. The van der Waals surface area contributed by atoms with Crippen LogP contribution in [0.25, 0.3) is 5.69 Å². The van der Waals surface area contributed by atoms with Crippen molar-refractivity contribution < 1.29 is 4.79 Å². The summed E-state index contributed by atoms with van der Waals surface area (Å²) in [5.74, 6) is 1.76. The molecule has 2 atom stereocenters. The lowest BCUT2D eigenvalue weighted by molar-refractivity contribution is -0.123. The van der Waals surface area contributed by atoms with Crippen LogP contribution >= 0.6 is 15.9 Å². The molecule has 4 aliphatic rings. The molecule has 2 unspecified atom stereocenters. The van der Waals surface area contributed by atoms with E-state index < -0.39 is 0 Å². The number of hydrogen-bond donors (Lipinski definition) is 1. The van der Waals surface area contributed by atoms with Gasteiger partial charge in [-0.25, -0.2) is 4.68 Å². The molecule has 1 aromatic heterocycles. The largest absolute Gasteiger partial charge is 0.323 e. The van der Waals surface area contributed by atoms with Crippen LogP contribution in [0.1, 0.15) is 56.3 Å². The Labute approximate surface area is 175 Å². The Bertz CT molecular complexity index is 905. The maximum Gasteiger partial charge on any atom is 0.225 e. The van der Waals surface area contributed by atoms with E-state index >= 15 is 0 Å². The minimum absolute atomic E-state index is 0.150. The van der Waals surface area contributed by atoms with E-state index in [1.54, 1.807) is 0 Å². The van der Waals surface area contributed by atoms with Crippen LogP contribution in [-0.4, -0.2) is 20.0 Å². The Kier molecular flexibility index (Phi) is 4.24. The van der Waals surface area contributed by atoms with Crippen molar-refractivity contribution in [3.8, 4) is 5.69 Å². The number of amides is 1. The van der Waals surface area contributed by atoms with Crippen LogP contribution < -0.4 is 5.32 Å². The maximum absolute atomic E-state index is 13.1. The fourth-order valence-electron chi connectivity index (χ4n) is 6.71.